The SMILES string of the molecule is C[C@H](c1cccnc1)N1CCO[C@@H](Cn2cccn2)C1. The van der Waals surface area contributed by atoms with Gasteiger partial charge in [0.2, 0.25) is 0 Å². The molecule has 0 spiro atoms. The highest BCUT2D eigenvalue weighted by Gasteiger charge is 2.25. The van der Waals surface area contributed by atoms with Crippen molar-refractivity contribution in [2.75, 3.05) is 19.7 Å². The fraction of sp³-hybridized carbons (Fsp3) is 0.467. The molecular weight excluding hydrogens is 252 g/mol. The summed E-state index contributed by atoms with van der Waals surface area (Å²) in [6.45, 7) is 5.70. The molecule has 2 atom stereocenters. The first-order chi connectivity index (χ1) is 9.83. The second-order valence-electron chi connectivity index (χ2n) is 5.18. The Labute approximate surface area is 119 Å². The summed E-state index contributed by atoms with van der Waals surface area (Å²) >= 11 is 0. The highest BCUT2D eigenvalue weighted by atomic mass is 16.5. The maximum atomic E-state index is 5.85. The second kappa shape index (κ2) is 6.15. The molecule has 1 aliphatic rings. The van der Waals surface area contributed by atoms with Gasteiger partial charge in [0.05, 0.1) is 19.3 Å². The predicted octanol–water partition coefficient (Wildman–Crippen LogP) is 1.74. The number of hydrogen-bond donors (Lipinski definition) is 0. The van der Waals surface area contributed by atoms with Gasteiger partial charge in [0.25, 0.3) is 0 Å². The van der Waals surface area contributed by atoms with Gasteiger partial charge in [0.1, 0.15) is 0 Å². The van der Waals surface area contributed by atoms with E-state index in [-0.39, 0.29) is 6.10 Å². The third kappa shape index (κ3) is 3.05. The summed E-state index contributed by atoms with van der Waals surface area (Å²) < 4.78 is 7.78. The number of aromatic nitrogens is 3. The van der Waals surface area contributed by atoms with Gasteiger partial charge in [-0.15, -0.1) is 0 Å². The van der Waals surface area contributed by atoms with Gasteiger partial charge in [-0.3, -0.25) is 14.6 Å². The van der Waals surface area contributed by atoms with Crippen LogP contribution in [0.2, 0.25) is 0 Å². The summed E-state index contributed by atoms with van der Waals surface area (Å²) in [6, 6.07) is 6.44. The highest BCUT2D eigenvalue weighted by Crippen LogP contribution is 2.22. The summed E-state index contributed by atoms with van der Waals surface area (Å²) in [5.41, 5.74) is 1.26. The number of rotatable bonds is 4. The lowest BCUT2D eigenvalue weighted by atomic mass is 10.1. The molecule has 0 N–H and O–H groups in total. The quantitative estimate of drug-likeness (QED) is 0.850. The molecule has 1 aliphatic heterocycles. The Balaban J connectivity index is 1.63. The summed E-state index contributed by atoms with van der Waals surface area (Å²) in [5.74, 6) is 0. The molecule has 2 aromatic heterocycles. The van der Waals surface area contributed by atoms with Crippen LogP contribution >= 0.6 is 0 Å². The Morgan fingerprint density at radius 1 is 1.40 bits per heavy atom. The average Bonchev–Trinajstić information content (AvgIpc) is 3.01. The van der Waals surface area contributed by atoms with E-state index in [1.807, 2.05) is 35.4 Å². The van der Waals surface area contributed by atoms with Gasteiger partial charge in [-0.05, 0) is 24.6 Å². The van der Waals surface area contributed by atoms with Crippen molar-refractivity contribution < 1.29 is 4.74 Å². The lowest BCUT2D eigenvalue weighted by Crippen LogP contribution is -2.45. The minimum Gasteiger partial charge on any atom is -0.374 e. The second-order valence-corrected chi connectivity index (χ2v) is 5.18. The standard InChI is InChI=1S/C15H20N4O/c1-13(14-4-2-5-16-10-14)18-8-9-20-15(11-18)12-19-7-3-6-17-19/h2-7,10,13,15H,8-9,11-12H2,1H3/t13-,15-/m1/s1. The predicted molar refractivity (Wildman–Crippen MR) is 76.2 cm³/mol. The van der Waals surface area contributed by atoms with Gasteiger partial charge in [-0.25, -0.2) is 0 Å². The van der Waals surface area contributed by atoms with Crippen LogP contribution in [0.1, 0.15) is 18.5 Å². The molecule has 0 saturated carbocycles. The van der Waals surface area contributed by atoms with Crippen LogP contribution in [-0.2, 0) is 11.3 Å². The Bertz CT molecular complexity index is 514. The van der Waals surface area contributed by atoms with Crippen molar-refractivity contribution in [2.45, 2.75) is 25.6 Å². The van der Waals surface area contributed by atoms with Crippen LogP contribution in [-0.4, -0.2) is 45.5 Å². The summed E-state index contributed by atoms with van der Waals surface area (Å²) in [6.07, 6.45) is 7.74. The maximum absolute atomic E-state index is 5.85. The van der Waals surface area contributed by atoms with E-state index >= 15 is 0 Å². The molecule has 0 aliphatic carbocycles. The molecular formula is C15H20N4O. The molecule has 1 saturated heterocycles. The largest absolute Gasteiger partial charge is 0.374 e. The average molecular weight is 272 g/mol. The highest BCUT2D eigenvalue weighted by molar-refractivity contribution is 5.13. The molecule has 106 valence electrons. The van der Waals surface area contributed by atoms with Crippen molar-refractivity contribution in [3.8, 4) is 0 Å². The zero-order valence-corrected chi connectivity index (χ0v) is 11.7. The van der Waals surface area contributed by atoms with E-state index in [1.54, 1.807) is 6.20 Å². The van der Waals surface area contributed by atoms with Gasteiger partial charge in [-0.1, -0.05) is 6.07 Å². The van der Waals surface area contributed by atoms with Crippen LogP contribution < -0.4 is 0 Å². The molecule has 2 aromatic rings. The lowest BCUT2D eigenvalue weighted by molar-refractivity contribution is -0.0497. The van der Waals surface area contributed by atoms with E-state index in [2.05, 4.69) is 28.0 Å². The fourth-order valence-electron chi connectivity index (χ4n) is 2.66. The molecule has 1 fully saturated rings. The molecule has 5 heteroatoms. The number of ether oxygens (including phenoxy) is 1. The topological polar surface area (TPSA) is 43.2 Å². The Hall–Kier alpha value is -1.72. The van der Waals surface area contributed by atoms with Crippen molar-refractivity contribution in [3.63, 3.8) is 0 Å². The summed E-state index contributed by atoms with van der Waals surface area (Å²) in [4.78, 5) is 6.66. The molecule has 0 unspecified atom stereocenters. The third-order valence-corrected chi connectivity index (χ3v) is 3.83. The van der Waals surface area contributed by atoms with Crippen molar-refractivity contribution in [2.24, 2.45) is 0 Å². The van der Waals surface area contributed by atoms with Crippen molar-refractivity contribution >= 4 is 0 Å². The molecule has 3 heterocycles. The summed E-state index contributed by atoms with van der Waals surface area (Å²) in [7, 11) is 0. The first-order valence-electron chi connectivity index (χ1n) is 7.06. The number of pyridine rings is 1. The van der Waals surface area contributed by atoms with Crippen molar-refractivity contribution in [1.82, 2.24) is 19.7 Å². The third-order valence-electron chi connectivity index (χ3n) is 3.83. The molecule has 20 heavy (non-hydrogen) atoms. The smallest absolute Gasteiger partial charge is 0.0898 e. The zero-order valence-electron chi connectivity index (χ0n) is 11.7. The molecule has 0 amide bonds. The number of morpholine rings is 1. The van der Waals surface area contributed by atoms with Gasteiger partial charge >= 0.3 is 0 Å². The molecule has 0 bridgehead atoms. The van der Waals surface area contributed by atoms with Crippen LogP contribution in [0.15, 0.2) is 43.0 Å². The van der Waals surface area contributed by atoms with E-state index in [1.165, 1.54) is 5.56 Å². The Morgan fingerprint density at radius 2 is 2.35 bits per heavy atom. The molecule has 0 aromatic carbocycles. The molecule has 0 radical (unpaired) electrons. The van der Waals surface area contributed by atoms with Crippen molar-refractivity contribution in [3.05, 3.63) is 48.5 Å². The van der Waals surface area contributed by atoms with Crippen LogP contribution in [0.25, 0.3) is 0 Å². The Kier molecular flexibility index (Phi) is 4.08. The van der Waals surface area contributed by atoms with Gasteiger partial charge in [0.15, 0.2) is 0 Å². The van der Waals surface area contributed by atoms with Gasteiger partial charge in [-0.2, -0.15) is 5.10 Å². The van der Waals surface area contributed by atoms with Gasteiger partial charge < -0.3 is 4.74 Å². The lowest BCUT2D eigenvalue weighted by Gasteiger charge is -2.36. The van der Waals surface area contributed by atoms with Gasteiger partial charge in [0, 0.05) is 43.9 Å². The van der Waals surface area contributed by atoms with E-state index in [4.69, 9.17) is 4.74 Å². The van der Waals surface area contributed by atoms with Crippen LogP contribution in [0.3, 0.4) is 0 Å². The number of hydrogen-bond acceptors (Lipinski definition) is 4. The molecule has 5 nitrogen and oxygen atoms in total. The fourth-order valence-corrected chi connectivity index (χ4v) is 2.66. The number of nitrogens with zero attached hydrogens (tertiary/aromatic N) is 4. The van der Waals surface area contributed by atoms with Crippen LogP contribution in [0, 0.1) is 0 Å². The zero-order chi connectivity index (χ0) is 13.8. The first-order valence-corrected chi connectivity index (χ1v) is 7.06. The minimum atomic E-state index is 0.197. The summed E-state index contributed by atoms with van der Waals surface area (Å²) in [5, 5.41) is 4.25. The first kappa shape index (κ1) is 13.3. The monoisotopic (exact) mass is 272 g/mol. The van der Waals surface area contributed by atoms with E-state index in [0.717, 1.165) is 26.2 Å². The Morgan fingerprint density at radius 3 is 3.10 bits per heavy atom. The maximum Gasteiger partial charge on any atom is 0.0898 e. The minimum absolute atomic E-state index is 0.197. The van der Waals surface area contributed by atoms with Crippen LogP contribution in [0.5, 0.6) is 0 Å². The van der Waals surface area contributed by atoms with E-state index in [0.29, 0.717) is 6.04 Å². The van der Waals surface area contributed by atoms with E-state index in [9.17, 15) is 0 Å². The van der Waals surface area contributed by atoms with Crippen molar-refractivity contribution in [1.29, 1.82) is 0 Å². The van der Waals surface area contributed by atoms with E-state index < -0.39 is 0 Å². The molecule has 3 rings (SSSR count). The normalized spacial score (nSPS) is 21.8. The van der Waals surface area contributed by atoms with Crippen LogP contribution in [0.4, 0.5) is 0 Å².